The minimum absolute atomic E-state index is 0.102. The lowest BCUT2D eigenvalue weighted by Crippen LogP contribution is -2.10. The van der Waals surface area contributed by atoms with Crippen LogP contribution in [0.2, 0.25) is 0 Å². The van der Waals surface area contributed by atoms with Crippen molar-refractivity contribution in [1.82, 2.24) is 0 Å². The van der Waals surface area contributed by atoms with Crippen molar-refractivity contribution >= 4 is 38.0 Å². The highest BCUT2D eigenvalue weighted by Crippen LogP contribution is 2.26. The van der Waals surface area contributed by atoms with Gasteiger partial charge in [-0.1, -0.05) is 40.2 Å². The van der Waals surface area contributed by atoms with Gasteiger partial charge in [-0.05, 0) is 67.4 Å². The summed E-state index contributed by atoms with van der Waals surface area (Å²) in [5.74, 6) is 0.217. The lowest BCUT2D eigenvalue weighted by Gasteiger charge is -2.10. The number of benzene rings is 3. The Balaban J connectivity index is 1.94. The lowest BCUT2D eigenvalue weighted by atomic mass is 10.1. The van der Waals surface area contributed by atoms with Crippen molar-refractivity contribution in [3.05, 3.63) is 87.9 Å². The Morgan fingerprint density at radius 3 is 2.37 bits per heavy atom. The summed E-state index contributed by atoms with van der Waals surface area (Å²) < 4.78 is 31.2. The number of aliphatic imine (C=N–C) groups is 1. The summed E-state index contributed by atoms with van der Waals surface area (Å²) in [5, 5.41) is 0. The number of nitrogens with zero attached hydrogens (tertiary/aromatic N) is 1. The van der Waals surface area contributed by atoms with Gasteiger partial charge in [0.15, 0.2) is 5.75 Å². The van der Waals surface area contributed by atoms with E-state index in [9.17, 15) is 8.42 Å². The van der Waals surface area contributed by atoms with E-state index in [-0.39, 0.29) is 10.6 Å². The lowest BCUT2D eigenvalue weighted by molar-refractivity contribution is 0.485. The van der Waals surface area contributed by atoms with E-state index in [2.05, 4.69) is 20.9 Å². The van der Waals surface area contributed by atoms with E-state index < -0.39 is 10.1 Å². The van der Waals surface area contributed by atoms with Gasteiger partial charge in [-0.15, -0.1) is 0 Å². The zero-order valence-corrected chi connectivity index (χ0v) is 17.3. The smallest absolute Gasteiger partial charge is 0.339 e. The van der Waals surface area contributed by atoms with E-state index in [4.69, 9.17) is 4.18 Å². The van der Waals surface area contributed by atoms with Gasteiger partial charge in [0, 0.05) is 16.3 Å². The molecule has 0 aliphatic rings. The molecule has 0 amide bonds. The molecule has 0 saturated heterocycles. The topological polar surface area (TPSA) is 55.7 Å². The minimum Gasteiger partial charge on any atom is -0.378 e. The Labute approximate surface area is 167 Å². The number of aryl methyl sites for hydroxylation is 2. The molecular weight excluding hydrogens is 426 g/mol. The minimum atomic E-state index is -3.92. The molecule has 4 nitrogen and oxygen atoms in total. The maximum absolute atomic E-state index is 12.5. The second-order valence-electron chi connectivity index (χ2n) is 6.06. The van der Waals surface area contributed by atoms with Gasteiger partial charge < -0.3 is 4.18 Å². The van der Waals surface area contributed by atoms with Gasteiger partial charge in [0.1, 0.15) is 4.90 Å². The molecule has 0 fully saturated rings. The van der Waals surface area contributed by atoms with Crippen molar-refractivity contribution in [3.63, 3.8) is 0 Å². The van der Waals surface area contributed by atoms with E-state index in [1.807, 2.05) is 32.0 Å². The highest BCUT2D eigenvalue weighted by atomic mass is 79.9. The van der Waals surface area contributed by atoms with Crippen LogP contribution >= 0.6 is 15.9 Å². The Kier molecular flexibility index (Phi) is 5.77. The monoisotopic (exact) mass is 443 g/mol. The van der Waals surface area contributed by atoms with Crippen molar-refractivity contribution in [2.45, 2.75) is 18.7 Å². The number of rotatable bonds is 5. The maximum Gasteiger partial charge on any atom is 0.339 e. The van der Waals surface area contributed by atoms with E-state index in [0.29, 0.717) is 5.56 Å². The summed E-state index contributed by atoms with van der Waals surface area (Å²) in [6.45, 7) is 4.06. The van der Waals surface area contributed by atoms with Gasteiger partial charge in [0.05, 0.1) is 5.69 Å². The Bertz CT molecular complexity index is 1090. The van der Waals surface area contributed by atoms with Crippen LogP contribution in [0.1, 0.15) is 16.7 Å². The first-order valence-corrected chi connectivity index (χ1v) is 10.5. The summed E-state index contributed by atoms with van der Waals surface area (Å²) in [4.78, 5) is 4.56. The van der Waals surface area contributed by atoms with Gasteiger partial charge in [0.2, 0.25) is 0 Å². The summed E-state index contributed by atoms with van der Waals surface area (Å²) in [6.07, 6.45) is 1.60. The molecule has 0 aliphatic heterocycles. The van der Waals surface area contributed by atoms with Gasteiger partial charge in [0.25, 0.3) is 0 Å². The molecule has 0 heterocycles. The molecule has 0 aliphatic carbocycles. The molecule has 27 heavy (non-hydrogen) atoms. The van der Waals surface area contributed by atoms with Crippen LogP contribution in [0.15, 0.2) is 81.1 Å². The van der Waals surface area contributed by atoms with E-state index in [1.165, 1.54) is 17.7 Å². The molecule has 0 N–H and O–H groups in total. The molecule has 0 spiro atoms. The summed E-state index contributed by atoms with van der Waals surface area (Å²) in [5.41, 5.74) is 3.67. The highest BCUT2D eigenvalue weighted by molar-refractivity contribution is 9.10. The van der Waals surface area contributed by atoms with Gasteiger partial charge in [-0.25, -0.2) is 0 Å². The number of hydrogen-bond donors (Lipinski definition) is 0. The summed E-state index contributed by atoms with van der Waals surface area (Å²) >= 11 is 3.40. The van der Waals surface area contributed by atoms with Crippen LogP contribution in [0.5, 0.6) is 5.75 Å². The first-order valence-electron chi connectivity index (χ1n) is 8.25. The molecule has 0 unspecified atom stereocenters. The third-order valence-corrected chi connectivity index (χ3v) is 5.79. The maximum atomic E-state index is 12.5. The molecule has 0 radical (unpaired) electrons. The van der Waals surface area contributed by atoms with Gasteiger partial charge in [-0.2, -0.15) is 8.42 Å². The largest absolute Gasteiger partial charge is 0.378 e. The Hall–Kier alpha value is -2.44. The van der Waals surface area contributed by atoms with Crippen LogP contribution in [0, 0.1) is 13.8 Å². The van der Waals surface area contributed by atoms with Crippen LogP contribution < -0.4 is 4.18 Å². The second kappa shape index (κ2) is 8.06. The predicted octanol–water partition coefficient (Wildman–Crippen LogP) is 5.58. The van der Waals surface area contributed by atoms with Crippen molar-refractivity contribution in [2.75, 3.05) is 0 Å². The molecule has 3 aromatic carbocycles. The highest BCUT2D eigenvalue weighted by Gasteiger charge is 2.18. The van der Waals surface area contributed by atoms with Gasteiger partial charge >= 0.3 is 10.1 Å². The molecule has 0 bridgehead atoms. The fourth-order valence-electron chi connectivity index (χ4n) is 2.40. The standard InChI is InChI=1S/C21H18BrNO3S/c1-15-8-10-19(12-16(15)2)23-14-17-13-18(22)9-11-21(17)26-27(24,25)20-6-4-3-5-7-20/h3-14H,1-2H3. The quantitative estimate of drug-likeness (QED) is 0.381. The fraction of sp³-hybridized carbons (Fsp3) is 0.0952. The SMILES string of the molecule is Cc1ccc(N=Cc2cc(Br)ccc2OS(=O)(=O)c2ccccc2)cc1C. The van der Waals surface area contributed by atoms with Crippen molar-refractivity contribution < 1.29 is 12.6 Å². The van der Waals surface area contributed by atoms with Crippen LogP contribution in [0.25, 0.3) is 0 Å². The first kappa shape index (κ1) is 19.3. The van der Waals surface area contributed by atoms with Crippen molar-refractivity contribution in [1.29, 1.82) is 0 Å². The van der Waals surface area contributed by atoms with Crippen LogP contribution in [0.3, 0.4) is 0 Å². The van der Waals surface area contributed by atoms with Crippen molar-refractivity contribution in [2.24, 2.45) is 4.99 Å². The van der Waals surface area contributed by atoms with E-state index >= 15 is 0 Å². The van der Waals surface area contributed by atoms with Crippen LogP contribution in [-0.4, -0.2) is 14.6 Å². The van der Waals surface area contributed by atoms with E-state index in [1.54, 1.807) is 42.6 Å². The van der Waals surface area contributed by atoms with Crippen molar-refractivity contribution in [3.8, 4) is 5.75 Å². The fourth-order valence-corrected chi connectivity index (χ4v) is 3.75. The average Bonchev–Trinajstić information content (AvgIpc) is 2.65. The molecule has 3 aromatic rings. The molecule has 0 aromatic heterocycles. The molecule has 0 saturated carbocycles. The molecule has 6 heteroatoms. The normalized spacial score (nSPS) is 11.7. The van der Waals surface area contributed by atoms with Crippen LogP contribution in [0.4, 0.5) is 5.69 Å². The van der Waals surface area contributed by atoms with E-state index in [0.717, 1.165) is 15.7 Å². The Morgan fingerprint density at radius 2 is 1.67 bits per heavy atom. The molecular formula is C21H18BrNO3S. The molecule has 138 valence electrons. The molecule has 0 atom stereocenters. The number of halogens is 1. The van der Waals surface area contributed by atoms with Crippen LogP contribution in [-0.2, 0) is 10.1 Å². The zero-order valence-electron chi connectivity index (χ0n) is 14.9. The predicted molar refractivity (Wildman–Crippen MR) is 112 cm³/mol. The molecule has 3 rings (SSSR count). The zero-order chi connectivity index (χ0) is 19.4. The summed E-state index contributed by atoms with van der Waals surface area (Å²) in [7, 11) is -3.92. The number of hydrogen-bond acceptors (Lipinski definition) is 4. The van der Waals surface area contributed by atoms with Gasteiger partial charge in [-0.3, -0.25) is 4.99 Å². The summed E-state index contributed by atoms with van der Waals surface area (Å²) in [6, 6.07) is 19.0. The third-order valence-electron chi connectivity index (χ3n) is 4.05. The second-order valence-corrected chi connectivity index (χ2v) is 8.52. The Morgan fingerprint density at radius 1 is 0.926 bits per heavy atom. The first-order chi connectivity index (χ1) is 12.8. The third kappa shape index (κ3) is 4.84. The average molecular weight is 444 g/mol.